The van der Waals surface area contributed by atoms with Crippen molar-refractivity contribution in [1.82, 2.24) is 15.2 Å². The van der Waals surface area contributed by atoms with Crippen molar-refractivity contribution in [2.24, 2.45) is 12.0 Å². The number of hydrogen-bond acceptors (Lipinski definition) is 2. The fraction of sp³-hybridized carbons (Fsp3) is 0.643. The van der Waals surface area contributed by atoms with Crippen LogP contribution in [0.5, 0.6) is 0 Å². The fourth-order valence-electron chi connectivity index (χ4n) is 1.61. The zero-order valence-corrected chi connectivity index (χ0v) is 18.3. The molecule has 4 nitrogen and oxygen atoms in total. The van der Waals surface area contributed by atoms with Gasteiger partial charge < -0.3 is 15.2 Å². The summed E-state index contributed by atoms with van der Waals surface area (Å²) in [6.07, 6.45) is 2.11. The van der Waals surface area contributed by atoms with Gasteiger partial charge in [0, 0.05) is 30.6 Å². The molecule has 0 aliphatic carbocycles. The van der Waals surface area contributed by atoms with Crippen molar-refractivity contribution in [3.63, 3.8) is 0 Å². The van der Waals surface area contributed by atoms with Crippen LogP contribution in [0.15, 0.2) is 11.1 Å². The monoisotopic (exact) mass is 478 g/mol. The molecule has 0 spiro atoms. The largest absolute Gasteiger partial charge is 0.357 e. The molecule has 0 saturated carbocycles. The normalized spacial score (nSPS) is 12.0. The van der Waals surface area contributed by atoms with Crippen LogP contribution in [0.2, 0.25) is 10.2 Å². The minimum atomic E-state index is 0. The summed E-state index contributed by atoms with van der Waals surface area (Å²) in [4.78, 5) is 4.58. The summed E-state index contributed by atoms with van der Waals surface area (Å²) in [5, 5.41) is 7.72. The molecule has 1 rings (SSSR count). The third-order valence-corrected chi connectivity index (χ3v) is 5.28. The highest BCUT2D eigenvalue weighted by Gasteiger charge is 2.16. The van der Waals surface area contributed by atoms with Crippen molar-refractivity contribution in [3.05, 3.63) is 21.9 Å². The SMILES string of the molecule is CCNC(=NCc1cc(Cl)c(Cl)n1C)NCC(C)(C)SC.I. The first kappa shape index (κ1) is 22.2. The highest BCUT2D eigenvalue weighted by Crippen LogP contribution is 2.25. The molecule has 0 fully saturated rings. The quantitative estimate of drug-likeness (QED) is 0.366. The van der Waals surface area contributed by atoms with Crippen LogP contribution in [0, 0.1) is 0 Å². The summed E-state index contributed by atoms with van der Waals surface area (Å²) >= 11 is 13.9. The van der Waals surface area contributed by atoms with Gasteiger partial charge in [-0.3, -0.25) is 0 Å². The van der Waals surface area contributed by atoms with Crippen molar-refractivity contribution in [2.75, 3.05) is 19.3 Å². The van der Waals surface area contributed by atoms with Crippen LogP contribution >= 0.6 is 58.9 Å². The van der Waals surface area contributed by atoms with Gasteiger partial charge in [0.05, 0.1) is 11.6 Å². The number of aromatic nitrogens is 1. The van der Waals surface area contributed by atoms with Gasteiger partial charge >= 0.3 is 0 Å². The maximum Gasteiger partial charge on any atom is 0.191 e. The van der Waals surface area contributed by atoms with E-state index in [1.54, 1.807) is 0 Å². The molecular weight excluding hydrogens is 454 g/mol. The highest BCUT2D eigenvalue weighted by atomic mass is 127. The Bertz CT molecular complexity index is 503. The van der Waals surface area contributed by atoms with Crippen molar-refractivity contribution in [1.29, 1.82) is 0 Å². The van der Waals surface area contributed by atoms with E-state index >= 15 is 0 Å². The molecule has 0 radical (unpaired) electrons. The number of nitrogens with one attached hydrogen (secondary N) is 2. The van der Waals surface area contributed by atoms with E-state index in [1.807, 2.05) is 36.4 Å². The second-order valence-electron chi connectivity index (χ2n) is 5.35. The Morgan fingerprint density at radius 2 is 2.00 bits per heavy atom. The smallest absolute Gasteiger partial charge is 0.191 e. The second kappa shape index (κ2) is 10.2. The summed E-state index contributed by atoms with van der Waals surface area (Å²) in [7, 11) is 1.89. The first-order chi connectivity index (χ1) is 9.80. The second-order valence-corrected chi connectivity index (χ2v) is 7.62. The van der Waals surface area contributed by atoms with Crippen LogP contribution < -0.4 is 10.6 Å². The van der Waals surface area contributed by atoms with E-state index in [1.165, 1.54) is 0 Å². The Labute approximate surface area is 164 Å². The Hall–Kier alpha value is 0.210. The maximum atomic E-state index is 6.06. The molecule has 0 amide bonds. The highest BCUT2D eigenvalue weighted by molar-refractivity contribution is 14.0. The third kappa shape index (κ3) is 6.76. The molecule has 1 heterocycles. The average molecular weight is 479 g/mol. The van der Waals surface area contributed by atoms with Crippen molar-refractivity contribution < 1.29 is 0 Å². The van der Waals surface area contributed by atoms with E-state index in [0.717, 1.165) is 24.7 Å². The number of aliphatic imine (C=N–C) groups is 1. The molecule has 1 aromatic heterocycles. The Morgan fingerprint density at radius 3 is 2.45 bits per heavy atom. The first-order valence-electron chi connectivity index (χ1n) is 6.87. The Morgan fingerprint density at radius 1 is 1.36 bits per heavy atom. The van der Waals surface area contributed by atoms with Gasteiger partial charge in [0.2, 0.25) is 0 Å². The summed E-state index contributed by atoms with van der Waals surface area (Å²) in [6, 6.07) is 1.85. The van der Waals surface area contributed by atoms with Crippen LogP contribution in [0.1, 0.15) is 26.5 Å². The number of rotatable bonds is 6. The predicted octanol–water partition coefficient (Wildman–Crippen LogP) is 4.15. The van der Waals surface area contributed by atoms with Crippen molar-refractivity contribution >= 4 is 64.9 Å². The Balaban J connectivity index is 0.00000441. The molecule has 0 atom stereocenters. The van der Waals surface area contributed by atoms with Gasteiger partial charge in [-0.2, -0.15) is 11.8 Å². The minimum absolute atomic E-state index is 0. The van der Waals surface area contributed by atoms with E-state index in [4.69, 9.17) is 23.2 Å². The van der Waals surface area contributed by atoms with Gasteiger partial charge in [-0.15, -0.1) is 24.0 Å². The lowest BCUT2D eigenvalue weighted by Gasteiger charge is -2.23. The molecule has 0 aliphatic heterocycles. The van der Waals surface area contributed by atoms with E-state index in [-0.39, 0.29) is 28.7 Å². The molecule has 2 N–H and O–H groups in total. The molecule has 0 saturated heterocycles. The van der Waals surface area contributed by atoms with Crippen molar-refractivity contribution in [3.8, 4) is 0 Å². The predicted molar refractivity (Wildman–Crippen MR) is 111 cm³/mol. The zero-order valence-electron chi connectivity index (χ0n) is 13.7. The van der Waals surface area contributed by atoms with Crippen LogP contribution in [0.4, 0.5) is 0 Å². The van der Waals surface area contributed by atoms with Gasteiger partial charge in [0.1, 0.15) is 5.15 Å². The van der Waals surface area contributed by atoms with E-state index in [9.17, 15) is 0 Å². The lowest BCUT2D eigenvalue weighted by atomic mass is 10.2. The van der Waals surface area contributed by atoms with Gasteiger partial charge in [0.25, 0.3) is 0 Å². The maximum absolute atomic E-state index is 6.06. The molecule has 8 heteroatoms. The van der Waals surface area contributed by atoms with Crippen LogP contribution in [0.25, 0.3) is 0 Å². The molecule has 0 bridgehead atoms. The summed E-state index contributed by atoms with van der Waals surface area (Å²) in [5.41, 5.74) is 0.978. The zero-order chi connectivity index (χ0) is 16.0. The number of halogens is 3. The molecule has 1 aromatic rings. The van der Waals surface area contributed by atoms with E-state index < -0.39 is 0 Å². The van der Waals surface area contributed by atoms with Crippen molar-refractivity contribution in [2.45, 2.75) is 32.1 Å². The van der Waals surface area contributed by atoms with Gasteiger partial charge in [-0.25, -0.2) is 4.99 Å². The topological polar surface area (TPSA) is 41.4 Å². The first-order valence-corrected chi connectivity index (χ1v) is 8.85. The van der Waals surface area contributed by atoms with E-state index in [0.29, 0.717) is 16.7 Å². The van der Waals surface area contributed by atoms with Gasteiger partial charge in [0.15, 0.2) is 5.96 Å². The third-order valence-electron chi connectivity index (χ3n) is 3.19. The summed E-state index contributed by atoms with van der Waals surface area (Å²) < 4.78 is 2.01. The summed E-state index contributed by atoms with van der Waals surface area (Å²) in [5.74, 6) is 0.799. The van der Waals surface area contributed by atoms with Crippen LogP contribution in [-0.2, 0) is 13.6 Å². The number of guanidine groups is 1. The molecular formula is C14H25Cl2IN4S. The van der Waals surface area contributed by atoms with E-state index in [2.05, 4.69) is 35.7 Å². The van der Waals surface area contributed by atoms with Gasteiger partial charge in [-0.1, -0.05) is 23.2 Å². The van der Waals surface area contributed by atoms with Crippen LogP contribution in [0.3, 0.4) is 0 Å². The average Bonchev–Trinajstić information content (AvgIpc) is 2.69. The number of thioether (sulfide) groups is 1. The lowest BCUT2D eigenvalue weighted by molar-refractivity contribution is 0.663. The molecule has 0 aromatic carbocycles. The minimum Gasteiger partial charge on any atom is -0.357 e. The Kier molecular flexibility index (Phi) is 10.3. The molecule has 128 valence electrons. The summed E-state index contributed by atoms with van der Waals surface area (Å²) in [6.45, 7) is 8.63. The van der Waals surface area contributed by atoms with Crippen LogP contribution in [-0.4, -0.2) is 34.6 Å². The standard InChI is InChI=1S/C14H24Cl2N4S.HI/c1-6-17-13(19-9-14(2,3)21-5)18-8-10-7-11(15)12(16)20(10)4;/h7H,6,8-9H2,1-5H3,(H2,17,18,19);1H. The molecule has 22 heavy (non-hydrogen) atoms. The number of nitrogens with zero attached hydrogens (tertiary/aromatic N) is 2. The van der Waals surface area contributed by atoms with Gasteiger partial charge in [-0.05, 0) is 33.1 Å². The fourth-order valence-corrected chi connectivity index (χ4v) is 2.24. The molecule has 0 aliphatic rings. The lowest BCUT2D eigenvalue weighted by Crippen LogP contribution is -2.43. The molecule has 0 unspecified atom stereocenters. The number of hydrogen-bond donors (Lipinski definition) is 2.